The quantitative estimate of drug-likeness (QED) is 0.388. The highest BCUT2D eigenvalue weighted by atomic mass is 16.5. The van der Waals surface area contributed by atoms with Crippen molar-refractivity contribution in [3.8, 4) is 5.75 Å². The second-order valence-electron chi connectivity index (χ2n) is 7.79. The molecule has 4 rings (SSSR count). The van der Waals surface area contributed by atoms with Crippen LogP contribution in [0.15, 0.2) is 48.5 Å². The van der Waals surface area contributed by atoms with E-state index in [1.165, 1.54) is 0 Å². The number of rotatable bonds is 8. The molecule has 1 aliphatic rings. The lowest BCUT2D eigenvalue weighted by atomic mass is 9.89. The average molecular weight is 436 g/mol. The number of hydrogen-bond acceptors (Lipinski definition) is 5. The number of ether oxygens (including phenoxy) is 2. The monoisotopic (exact) mass is 435 g/mol. The highest BCUT2D eigenvalue weighted by Crippen LogP contribution is 2.41. The van der Waals surface area contributed by atoms with Crippen molar-refractivity contribution >= 4 is 28.9 Å². The first kappa shape index (κ1) is 21.9. The van der Waals surface area contributed by atoms with Crippen LogP contribution >= 0.6 is 0 Å². The molecule has 2 atom stereocenters. The molecule has 32 heavy (non-hydrogen) atoms. The lowest BCUT2D eigenvalue weighted by molar-refractivity contribution is -0.153. The molecule has 0 N–H and O–H groups in total. The summed E-state index contributed by atoms with van der Waals surface area (Å²) < 4.78 is 13.0. The van der Waals surface area contributed by atoms with Crippen molar-refractivity contribution in [2.45, 2.75) is 39.7 Å². The minimum atomic E-state index is -0.991. The third kappa shape index (κ3) is 3.83. The molecular formula is C25H29N3O4. The van der Waals surface area contributed by atoms with Gasteiger partial charge in [-0.2, -0.15) is 0 Å². The Bertz CT molecular complexity index is 1110. The van der Waals surface area contributed by atoms with Gasteiger partial charge in [0.05, 0.1) is 30.3 Å². The van der Waals surface area contributed by atoms with Crippen molar-refractivity contribution in [1.29, 1.82) is 0 Å². The molecule has 0 bridgehead atoms. The summed E-state index contributed by atoms with van der Waals surface area (Å²) in [6.45, 7) is 7.04. The second-order valence-corrected chi connectivity index (χ2v) is 7.79. The number of para-hydroxylation sites is 2. The summed E-state index contributed by atoms with van der Waals surface area (Å²) in [7, 11) is 0. The number of esters is 1. The third-order valence-electron chi connectivity index (χ3n) is 5.75. The topological polar surface area (TPSA) is 73.7 Å². The lowest BCUT2D eigenvalue weighted by Gasteiger charge is -2.38. The van der Waals surface area contributed by atoms with E-state index in [9.17, 15) is 9.59 Å². The van der Waals surface area contributed by atoms with Gasteiger partial charge in [0.1, 0.15) is 5.75 Å². The average Bonchev–Trinajstić information content (AvgIpc) is 3.18. The maximum Gasteiger partial charge on any atom is 0.321 e. The summed E-state index contributed by atoms with van der Waals surface area (Å²) in [5.74, 6) is -0.454. The fourth-order valence-electron chi connectivity index (χ4n) is 4.30. The largest absolute Gasteiger partial charge is 0.494 e. The number of unbranched alkanes of at least 4 members (excludes halogenated alkanes) is 1. The summed E-state index contributed by atoms with van der Waals surface area (Å²) in [6, 6.07) is 14.8. The van der Waals surface area contributed by atoms with E-state index in [-0.39, 0.29) is 12.5 Å². The maximum absolute atomic E-state index is 13.7. The van der Waals surface area contributed by atoms with Gasteiger partial charge in [0.25, 0.3) is 0 Å². The first-order valence-corrected chi connectivity index (χ1v) is 11.3. The van der Waals surface area contributed by atoms with Gasteiger partial charge in [-0.3, -0.25) is 14.5 Å². The molecule has 7 nitrogen and oxygen atoms in total. The van der Waals surface area contributed by atoms with E-state index in [1.807, 2.05) is 60.0 Å². The second kappa shape index (κ2) is 9.42. The van der Waals surface area contributed by atoms with Gasteiger partial charge < -0.3 is 14.0 Å². The maximum atomic E-state index is 13.7. The Hall–Kier alpha value is -3.35. The smallest absolute Gasteiger partial charge is 0.321 e. The molecule has 0 fully saturated rings. The molecule has 1 aromatic heterocycles. The number of hydrogen-bond donors (Lipinski definition) is 0. The van der Waals surface area contributed by atoms with E-state index in [0.717, 1.165) is 35.2 Å². The third-order valence-corrected chi connectivity index (χ3v) is 5.75. The summed E-state index contributed by atoms with van der Waals surface area (Å²) in [4.78, 5) is 33.2. The number of benzene rings is 2. The molecule has 7 heteroatoms. The molecule has 0 aliphatic carbocycles. The Morgan fingerprint density at radius 2 is 1.78 bits per heavy atom. The summed E-state index contributed by atoms with van der Waals surface area (Å²) in [5.41, 5.74) is 2.50. The minimum absolute atomic E-state index is 0.213. The standard InChI is InChI=1S/C25H29N3O4/c1-4-7-16-27-23(29)21(24(30)32-6-3)22(17-12-14-18(15-13-17)31-5-2)28-20-11-9-8-10-19(20)26-25(27)28/h8-15,21-22H,4-7,16H2,1-3H3/t21-,22-/m1/s1. The Morgan fingerprint density at radius 1 is 1.03 bits per heavy atom. The zero-order valence-electron chi connectivity index (χ0n) is 18.8. The fourth-order valence-corrected chi connectivity index (χ4v) is 4.30. The van der Waals surface area contributed by atoms with Crippen molar-refractivity contribution in [3.63, 3.8) is 0 Å². The van der Waals surface area contributed by atoms with Crippen molar-refractivity contribution in [2.24, 2.45) is 5.92 Å². The molecule has 3 aromatic rings. The molecule has 0 saturated carbocycles. The Labute approximate surface area is 187 Å². The van der Waals surface area contributed by atoms with Gasteiger partial charge in [-0.05, 0) is 50.1 Å². The van der Waals surface area contributed by atoms with E-state index < -0.39 is 17.9 Å². The van der Waals surface area contributed by atoms with Gasteiger partial charge in [0.2, 0.25) is 11.9 Å². The SMILES string of the molecule is CCCCN1C(=O)[C@H](C(=O)OCC)[C@@H](c2ccc(OCC)cc2)n2c1nc1ccccc12. The van der Waals surface area contributed by atoms with Crippen LogP contribution in [0, 0.1) is 5.92 Å². The summed E-state index contributed by atoms with van der Waals surface area (Å²) >= 11 is 0. The van der Waals surface area contributed by atoms with E-state index in [1.54, 1.807) is 11.8 Å². The van der Waals surface area contributed by atoms with Gasteiger partial charge in [-0.15, -0.1) is 0 Å². The number of nitrogens with zero attached hydrogens (tertiary/aromatic N) is 3. The van der Waals surface area contributed by atoms with Gasteiger partial charge in [0, 0.05) is 6.54 Å². The molecular weight excluding hydrogens is 406 g/mol. The molecule has 2 heterocycles. The molecule has 2 aromatic carbocycles. The van der Waals surface area contributed by atoms with Gasteiger partial charge in [-0.1, -0.05) is 37.6 Å². The fraction of sp³-hybridized carbons (Fsp3) is 0.400. The van der Waals surface area contributed by atoms with Crippen LogP contribution in [0.3, 0.4) is 0 Å². The van der Waals surface area contributed by atoms with Crippen LogP contribution in [-0.2, 0) is 14.3 Å². The van der Waals surface area contributed by atoms with Gasteiger partial charge in [0.15, 0.2) is 5.92 Å². The predicted molar refractivity (Wildman–Crippen MR) is 123 cm³/mol. The highest BCUT2D eigenvalue weighted by molar-refractivity contribution is 6.08. The van der Waals surface area contributed by atoms with Crippen molar-refractivity contribution in [1.82, 2.24) is 9.55 Å². The zero-order valence-corrected chi connectivity index (χ0v) is 18.8. The van der Waals surface area contributed by atoms with Crippen LogP contribution in [0.5, 0.6) is 5.75 Å². The molecule has 0 radical (unpaired) electrons. The van der Waals surface area contributed by atoms with Crippen LogP contribution < -0.4 is 9.64 Å². The molecule has 1 aliphatic heterocycles. The first-order chi connectivity index (χ1) is 15.6. The lowest BCUT2D eigenvalue weighted by Crippen LogP contribution is -2.50. The number of aromatic nitrogens is 2. The summed E-state index contributed by atoms with van der Waals surface area (Å²) in [5, 5.41) is 0. The molecule has 0 spiro atoms. The number of amides is 1. The Morgan fingerprint density at radius 3 is 2.47 bits per heavy atom. The Kier molecular flexibility index (Phi) is 6.44. The first-order valence-electron chi connectivity index (χ1n) is 11.3. The van der Waals surface area contributed by atoms with Crippen LogP contribution in [0.4, 0.5) is 5.95 Å². The molecule has 1 amide bonds. The number of fused-ring (bicyclic) bond motifs is 3. The van der Waals surface area contributed by atoms with E-state index in [2.05, 4.69) is 6.92 Å². The summed E-state index contributed by atoms with van der Waals surface area (Å²) in [6.07, 6.45) is 1.74. The molecule has 0 unspecified atom stereocenters. The van der Waals surface area contributed by atoms with Crippen molar-refractivity contribution in [2.75, 3.05) is 24.7 Å². The van der Waals surface area contributed by atoms with Crippen molar-refractivity contribution < 1.29 is 19.1 Å². The van der Waals surface area contributed by atoms with E-state index >= 15 is 0 Å². The van der Waals surface area contributed by atoms with Crippen LogP contribution in [0.25, 0.3) is 11.0 Å². The normalized spacial score (nSPS) is 18.0. The molecule has 168 valence electrons. The molecule has 0 saturated heterocycles. The Balaban J connectivity index is 1.92. The minimum Gasteiger partial charge on any atom is -0.494 e. The van der Waals surface area contributed by atoms with E-state index in [4.69, 9.17) is 14.5 Å². The predicted octanol–water partition coefficient (Wildman–Crippen LogP) is 4.35. The highest BCUT2D eigenvalue weighted by Gasteiger charge is 2.47. The van der Waals surface area contributed by atoms with Crippen LogP contribution in [-0.4, -0.2) is 41.2 Å². The van der Waals surface area contributed by atoms with Gasteiger partial charge >= 0.3 is 5.97 Å². The van der Waals surface area contributed by atoms with Crippen LogP contribution in [0.1, 0.15) is 45.2 Å². The number of anilines is 1. The number of imidazole rings is 1. The number of carbonyl (C=O) groups is 2. The van der Waals surface area contributed by atoms with E-state index in [0.29, 0.717) is 19.1 Å². The van der Waals surface area contributed by atoms with Crippen molar-refractivity contribution in [3.05, 3.63) is 54.1 Å². The zero-order chi connectivity index (χ0) is 22.7. The number of carbonyl (C=O) groups excluding carboxylic acids is 2. The van der Waals surface area contributed by atoms with Gasteiger partial charge in [-0.25, -0.2) is 4.98 Å². The van der Waals surface area contributed by atoms with Crippen LogP contribution in [0.2, 0.25) is 0 Å².